The van der Waals surface area contributed by atoms with Crippen LogP contribution >= 0.6 is 22.9 Å². The number of Topliss-reactive ketones (excluding diaryl/α,β-unsaturated/α-hetero) is 1. The third-order valence-electron chi connectivity index (χ3n) is 6.17. The minimum atomic E-state index is -0.829. The molecule has 34 heavy (non-hydrogen) atoms. The molecular weight excluding hydrogens is 474 g/mol. The summed E-state index contributed by atoms with van der Waals surface area (Å²) >= 11 is 7.32. The molecule has 2 saturated heterocycles. The molecule has 1 N–H and O–H groups in total. The number of ketones is 1. The van der Waals surface area contributed by atoms with Gasteiger partial charge in [-0.05, 0) is 47.2 Å². The van der Waals surface area contributed by atoms with Gasteiger partial charge in [0.05, 0.1) is 11.0 Å². The first kappa shape index (κ1) is 22.7. The van der Waals surface area contributed by atoms with Gasteiger partial charge in [-0.2, -0.15) is 0 Å². The molecule has 3 aromatic rings. The predicted octanol–water partition coefficient (Wildman–Crippen LogP) is 3.37. The van der Waals surface area contributed by atoms with E-state index in [1.807, 2.05) is 29.6 Å². The molecule has 174 valence electrons. The Kier molecular flexibility index (Phi) is 6.45. The number of nitrogens with one attached hydrogen (secondary N) is 1. The van der Waals surface area contributed by atoms with Crippen LogP contribution in [0.25, 0.3) is 11.1 Å². The van der Waals surface area contributed by atoms with Crippen molar-refractivity contribution in [3.8, 4) is 11.1 Å². The highest BCUT2D eigenvalue weighted by molar-refractivity contribution is 7.12. The van der Waals surface area contributed by atoms with Crippen molar-refractivity contribution in [3.05, 3.63) is 75.7 Å². The fourth-order valence-electron chi connectivity index (χ4n) is 4.47. The number of aromatic nitrogens is 1. The molecule has 1 aromatic carbocycles. The minimum Gasteiger partial charge on any atom is -0.368 e. The summed E-state index contributed by atoms with van der Waals surface area (Å²) in [6.07, 6.45) is 4.07. The molecule has 0 spiro atoms. The van der Waals surface area contributed by atoms with Crippen molar-refractivity contribution >= 4 is 40.5 Å². The molecule has 5 rings (SSSR count). The summed E-state index contributed by atoms with van der Waals surface area (Å²) < 4.78 is 5.53. The Morgan fingerprint density at radius 1 is 1.24 bits per heavy atom. The normalized spacial score (nSPS) is 20.3. The Morgan fingerprint density at radius 2 is 2.06 bits per heavy atom. The van der Waals surface area contributed by atoms with Gasteiger partial charge in [-0.3, -0.25) is 19.4 Å². The van der Waals surface area contributed by atoms with Crippen LogP contribution in [0.15, 0.2) is 60.2 Å². The first-order chi connectivity index (χ1) is 16.5. The van der Waals surface area contributed by atoms with Crippen molar-refractivity contribution in [2.75, 3.05) is 13.2 Å². The zero-order chi connectivity index (χ0) is 23.7. The van der Waals surface area contributed by atoms with Crippen LogP contribution in [0.3, 0.4) is 0 Å². The maximum absolute atomic E-state index is 13.6. The average Bonchev–Trinajstić information content (AvgIpc) is 3.58. The van der Waals surface area contributed by atoms with Crippen LogP contribution in [0.1, 0.15) is 21.7 Å². The van der Waals surface area contributed by atoms with Crippen LogP contribution in [0, 0.1) is 0 Å². The van der Waals surface area contributed by atoms with Gasteiger partial charge in [-0.1, -0.05) is 29.8 Å². The van der Waals surface area contributed by atoms with E-state index in [0.29, 0.717) is 22.9 Å². The van der Waals surface area contributed by atoms with E-state index in [-0.39, 0.29) is 36.7 Å². The summed E-state index contributed by atoms with van der Waals surface area (Å²) in [5.41, 5.74) is 2.66. The number of pyridine rings is 1. The maximum Gasteiger partial charge on any atom is 0.262 e. The van der Waals surface area contributed by atoms with Crippen LogP contribution in [-0.4, -0.2) is 58.8 Å². The van der Waals surface area contributed by atoms with Gasteiger partial charge < -0.3 is 15.0 Å². The number of hydrogen-bond acceptors (Lipinski definition) is 6. The lowest BCUT2D eigenvalue weighted by Gasteiger charge is -2.27. The van der Waals surface area contributed by atoms with Gasteiger partial charge in [0.25, 0.3) is 5.91 Å². The Bertz CT molecular complexity index is 1210. The van der Waals surface area contributed by atoms with Crippen molar-refractivity contribution in [1.29, 1.82) is 0 Å². The molecule has 2 amide bonds. The fourth-order valence-corrected chi connectivity index (χ4v) is 5.41. The molecule has 0 bridgehead atoms. The van der Waals surface area contributed by atoms with Crippen LogP contribution in [0.2, 0.25) is 5.02 Å². The molecule has 4 heterocycles. The van der Waals surface area contributed by atoms with Crippen molar-refractivity contribution in [2.24, 2.45) is 0 Å². The van der Waals surface area contributed by atoms with E-state index in [2.05, 4.69) is 10.3 Å². The predicted molar refractivity (Wildman–Crippen MR) is 129 cm³/mol. The highest BCUT2D eigenvalue weighted by Crippen LogP contribution is 2.29. The molecule has 0 radical (unpaired) electrons. The van der Waals surface area contributed by atoms with E-state index in [4.69, 9.17) is 16.3 Å². The van der Waals surface area contributed by atoms with Gasteiger partial charge in [0, 0.05) is 35.9 Å². The zero-order valence-corrected chi connectivity index (χ0v) is 19.7. The number of nitrogens with zero attached hydrogens (tertiary/aromatic N) is 2. The van der Waals surface area contributed by atoms with Crippen LogP contribution in [0.5, 0.6) is 0 Å². The van der Waals surface area contributed by atoms with Gasteiger partial charge in [0.2, 0.25) is 5.91 Å². The molecule has 2 aromatic heterocycles. The van der Waals surface area contributed by atoms with Crippen LogP contribution in [-0.2, 0) is 20.7 Å². The number of amides is 2. The number of ether oxygens (including phenoxy) is 1. The number of likely N-dealkylation sites (tertiary alicyclic amines) is 1. The highest BCUT2D eigenvalue weighted by Gasteiger charge is 2.48. The summed E-state index contributed by atoms with van der Waals surface area (Å²) in [5.74, 6) is -0.706. The van der Waals surface area contributed by atoms with E-state index in [0.717, 1.165) is 16.7 Å². The Labute approximate surface area is 205 Å². The molecule has 0 saturated carbocycles. The number of hydrogen-bond donors (Lipinski definition) is 1. The number of benzene rings is 1. The van der Waals surface area contributed by atoms with Crippen LogP contribution < -0.4 is 5.32 Å². The van der Waals surface area contributed by atoms with Gasteiger partial charge >= 0.3 is 0 Å². The van der Waals surface area contributed by atoms with Crippen molar-refractivity contribution < 1.29 is 19.1 Å². The van der Waals surface area contributed by atoms with E-state index in [9.17, 15) is 14.4 Å². The number of halogens is 1. The summed E-state index contributed by atoms with van der Waals surface area (Å²) in [5, 5.41) is 5.39. The highest BCUT2D eigenvalue weighted by atomic mass is 35.5. The Hall–Kier alpha value is -3.07. The molecule has 2 fully saturated rings. The molecule has 2 aliphatic rings. The lowest BCUT2D eigenvalue weighted by molar-refractivity contribution is -0.138. The van der Waals surface area contributed by atoms with E-state index >= 15 is 0 Å². The van der Waals surface area contributed by atoms with E-state index in [1.165, 1.54) is 11.3 Å². The van der Waals surface area contributed by atoms with Gasteiger partial charge in [0.15, 0.2) is 5.78 Å². The van der Waals surface area contributed by atoms with Gasteiger partial charge in [-0.25, -0.2) is 0 Å². The Morgan fingerprint density at radius 3 is 2.82 bits per heavy atom. The summed E-state index contributed by atoms with van der Waals surface area (Å²) in [4.78, 5) is 45.3. The smallest absolute Gasteiger partial charge is 0.262 e. The first-order valence-electron chi connectivity index (χ1n) is 11.0. The number of fused-ring (bicyclic) bond motifs is 1. The van der Waals surface area contributed by atoms with Crippen molar-refractivity contribution in [1.82, 2.24) is 15.2 Å². The second-order valence-corrected chi connectivity index (χ2v) is 9.73. The number of carbonyl (C=O) groups is 3. The third kappa shape index (κ3) is 4.61. The van der Waals surface area contributed by atoms with Crippen LogP contribution in [0.4, 0.5) is 0 Å². The lowest BCUT2D eigenvalue weighted by atomic mass is 10.0. The van der Waals surface area contributed by atoms with Gasteiger partial charge in [-0.15, -0.1) is 11.3 Å². The van der Waals surface area contributed by atoms with Crippen molar-refractivity contribution in [3.63, 3.8) is 0 Å². The van der Waals surface area contributed by atoms with E-state index in [1.54, 1.807) is 35.5 Å². The van der Waals surface area contributed by atoms with E-state index < -0.39 is 12.1 Å². The topological polar surface area (TPSA) is 88.6 Å². The Balaban J connectivity index is 1.37. The fraction of sp³-hybridized carbons (Fsp3) is 0.280. The molecule has 3 unspecified atom stereocenters. The molecule has 7 nitrogen and oxygen atoms in total. The third-order valence-corrected chi connectivity index (χ3v) is 7.35. The largest absolute Gasteiger partial charge is 0.368 e. The molecular formula is C25H22ClN3O4S. The zero-order valence-electron chi connectivity index (χ0n) is 18.1. The monoisotopic (exact) mass is 495 g/mol. The first-order valence-corrected chi connectivity index (χ1v) is 12.2. The molecule has 2 aliphatic heterocycles. The second-order valence-electron chi connectivity index (χ2n) is 8.38. The number of carbonyl (C=O) groups excluding carboxylic acids is 3. The van der Waals surface area contributed by atoms with Gasteiger partial charge in [0.1, 0.15) is 18.7 Å². The molecule has 3 atom stereocenters. The summed E-state index contributed by atoms with van der Waals surface area (Å²) in [6, 6.07) is 11.3. The number of rotatable bonds is 6. The standard InChI is InChI=1S/C25H22ClN3O4S/c26-18-5-3-15(4-6-18)10-19(25(32)29-9-7-21-23(29)20(30)13-33-21)28-24(31)22-11-17(14-34-22)16-2-1-8-27-12-16/h1-6,8,11-12,14,19,21,23H,7,9-10,13H2,(H,28,31). The SMILES string of the molecule is O=C(NC(Cc1ccc(Cl)cc1)C(=O)N1CCC2OCC(=O)C21)c1cc(-c2cccnc2)cs1. The van der Waals surface area contributed by atoms with Crippen molar-refractivity contribution in [2.45, 2.75) is 31.0 Å². The summed E-state index contributed by atoms with van der Waals surface area (Å²) in [6.45, 7) is 0.455. The molecule has 0 aliphatic carbocycles. The maximum atomic E-state index is 13.6. The lowest BCUT2D eigenvalue weighted by Crippen LogP contribution is -2.53. The average molecular weight is 496 g/mol. The number of thiophene rings is 1. The quantitative estimate of drug-likeness (QED) is 0.566. The second kappa shape index (κ2) is 9.66. The molecule has 9 heteroatoms. The minimum absolute atomic E-state index is 0.0274. The summed E-state index contributed by atoms with van der Waals surface area (Å²) in [7, 11) is 0.